The molecule has 0 aromatic heterocycles. The quantitative estimate of drug-likeness (QED) is 0.837. The Labute approximate surface area is 170 Å². The molecule has 0 saturated heterocycles. The number of rotatable bonds is 3. The number of aryl methyl sites for hydroxylation is 1. The van der Waals surface area contributed by atoms with E-state index in [9.17, 15) is 9.90 Å². The van der Waals surface area contributed by atoms with Crippen LogP contribution in [0.3, 0.4) is 0 Å². The standard InChI is InChI=1S/C24H23N3O2/c25-14-15-5-9-19(10-6-15)27-23(16-3-1-2-4-16)21-12-7-17-13-18(24(28)29)8-11-20(17)22(21)26-27/h5-6,8-11,13,16,21,23H,1-4,7,12H2,(H,28,29). The summed E-state index contributed by atoms with van der Waals surface area (Å²) in [6, 6.07) is 15.7. The molecule has 0 amide bonds. The lowest BCUT2D eigenvalue weighted by molar-refractivity contribution is 0.0696. The molecule has 2 aliphatic carbocycles. The molecule has 1 N–H and O–H groups in total. The molecule has 5 heteroatoms. The van der Waals surface area contributed by atoms with E-state index in [1.165, 1.54) is 25.7 Å². The van der Waals surface area contributed by atoms with Crippen LogP contribution in [0, 0.1) is 23.2 Å². The first-order chi connectivity index (χ1) is 14.2. The number of benzene rings is 2. The van der Waals surface area contributed by atoms with Crippen LogP contribution in [0.15, 0.2) is 47.6 Å². The molecule has 5 nitrogen and oxygen atoms in total. The minimum Gasteiger partial charge on any atom is -0.478 e. The number of nitriles is 1. The van der Waals surface area contributed by atoms with E-state index in [0.29, 0.717) is 29.0 Å². The number of fused-ring (bicyclic) bond motifs is 3. The third-order valence-corrected chi connectivity index (χ3v) is 6.76. The van der Waals surface area contributed by atoms with Gasteiger partial charge in [0.2, 0.25) is 0 Å². The molecular formula is C24H23N3O2. The fourth-order valence-electron chi connectivity index (χ4n) is 5.39. The number of aromatic carboxylic acids is 1. The molecule has 2 aromatic rings. The summed E-state index contributed by atoms with van der Waals surface area (Å²) in [6.07, 6.45) is 6.93. The molecule has 1 aliphatic heterocycles. The first-order valence-electron chi connectivity index (χ1n) is 10.4. The summed E-state index contributed by atoms with van der Waals surface area (Å²) in [4.78, 5) is 11.4. The fourth-order valence-corrected chi connectivity index (χ4v) is 5.39. The summed E-state index contributed by atoms with van der Waals surface area (Å²) >= 11 is 0. The van der Waals surface area contributed by atoms with E-state index in [2.05, 4.69) is 11.1 Å². The molecule has 146 valence electrons. The topological polar surface area (TPSA) is 76.7 Å². The lowest BCUT2D eigenvalue weighted by Crippen LogP contribution is -2.40. The van der Waals surface area contributed by atoms with E-state index in [-0.39, 0.29) is 0 Å². The highest BCUT2D eigenvalue weighted by atomic mass is 16.4. The van der Waals surface area contributed by atoms with Crippen LogP contribution >= 0.6 is 0 Å². The van der Waals surface area contributed by atoms with Crippen LogP contribution in [0.5, 0.6) is 0 Å². The van der Waals surface area contributed by atoms with Gasteiger partial charge < -0.3 is 5.11 Å². The predicted molar refractivity (Wildman–Crippen MR) is 111 cm³/mol. The van der Waals surface area contributed by atoms with E-state index in [1.54, 1.807) is 6.07 Å². The van der Waals surface area contributed by atoms with Crippen molar-refractivity contribution in [2.24, 2.45) is 16.9 Å². The molecule has 0 spiro atoms. The van der Waals surface area contributed by atoms with Crippen LogP contribution in [0.4, 0.5) is 5.69 Å². The van der Waals surface area contributed by atoms with Crippen LogP contribution in [0.2, 0.25) is 0 Å². The van der Waals surface area contributed by atoms with Crippen LogP contribution in [0.1, 0.15) is 59.2 Å². The van der Waals surface area contributed by atoms with Gasteiger partial charge in [-0.3, -0.25) is 5.01 Å². The third-order valence-electron chi connectivity index (χ3n) is 6.76. The van der Waals surface area contributed by atoms with E-state index in [0.717, 1.165) is 35.4 Å². The minimum absolute atomic E-state index is 0.340. The van der Waals surface area contributed by atoms with Gasteiger partial charge in [-0.15, -0.1) is 0 Å². The van der Waals surface area contributed by atoms with E-state index in [4.69, 9.17) is 10.4 Å². The second kappa shape index (κ2) is 7.04. The Morgan fingerprint density at radius 2 is 1.86 bits per heavy atom. The Bertz CT molecular complexity index is 1030. The number of carboxylic acid groups (broad SMARTS) is 1. The lowest BCUT2D eigenvalue weighted by atomic mass is 9.75. The second-order valence-electron chi connectivity index (χ2n) is 8.35. The molecule has 2 atom stereocenters. The molecular weight excluding hydrogens is 362 g/mol. The summed E-state index contributed by atoms with van der Waals surface area (Å²) in [5.41, 5.74) is 5.33. The summed E-state index contributed by atoms with van der Waals surface area (Å²) in [6.45, 7) is 0. The number of nitrogens with zero attached hydrogens (tertiary/aromatic N) is 3. The fraction of sp³-hybridized carbons (Fsp3) is 0.375. The van der Waals surface area contributed by atoms with Gasteiger partial charge in [-0.05, 0) is 73.6 Å². The van der Waals surface area contributed by atoms with Crippen LogP contribution in [0.25, 0.3) is 0 Å². The zero-order chi connectivity index (χ0) is 20.0. The van der Waals surface area contributed by atoms with Gasteiger partial charge in [0, 0.05) is 11.5 Å². The van der Waals surface area contributed by atoms with Gasteiger partial charge in [0.25, 0.3) is 0 Å². The van der Waals surface area contributed by atoms with Crippen molar-refractivity contribution in [2.75, 3.05) is 5.01 Å². The Kier molecular flexibility index (Phi) is 4.35. The third kappa shape index (κ3) is 3.00. The molecule has 0 radical (unpaired) electrons. The summed E-state index contributed by atoms with van der Waals surface area (Å²) in [7, 11) is 0. The molecule has 5 rings (SSSR count). The maximum Gasteiger partial charge on any atom is 0.335 e. The summed E-state index contributed by atoms with van der Waals surface area (Å²) in [5.74, 6) is 0.111. The second-order valence-corrected chi connectivity index (χ2v) is 8.35. The SMILES string of the molecule is N#Cc1ccc(N2N=C3c4ccc(C(=O)O)cc4CCC3C2C2CCCC2)cc1. The normalized spacial score (nSPS) is 23.3. The smallest absolute Gasteiger partial charge is 0.335 e. The zero-order valence-electron chi connectivity index (χ0n) is 16.2. The highest BCUT2D eigenvalue weighted by molar-refractivity contribution is 6.07. The van der Waals surface area contributed by atoms with Gasteiger partial charge in [0.1, 0.15) is 0 Å². The maximum absolute atomic E-state index is 11.4. The van der Waals surface area contributed by atoms with E-state index < -0.39 is 5.97 Å². The number of hydrogen-bond acceptors (Lipinski definition) is 4. The number of hydrazone groups is 1. The van der Waals surface area contributed by atoms with Crippen molar-refractivity contribution >= 4 is 17.4 Å². The van der Waals surface area contributed by atoms with Crippen LogP contribution in [-0.2, 0) is 6.42 Å². The lowest BCUT2D eigenvalue weighted by Gasteiger charge is -2.34. The number of carbonyl (C=O) groups is 1. The van der Waals surface area contributed by atoms with Crippen molar-refractivity contribution in [3.8, 4) is 6.07 Å². The van der Waals surface area contributed by atoms with Gasteiger partial charge in [0.15, 0.2) is 0 Å². The molecule has 2 aromatic carbocycles. The van der Waals surface area contributed by atoms with Crippen molar-refractivity contribution in [3.05, 3.63) is 64.7 Å². The molecule has 3 aliphatic rings. The van der Waals surface area contributed by atoms with Gasteiger partial charge in [-0.1, -0.05) is 18.9 Å². The number of carboxylic acids is 1. The highest BCUT2D eigenvalue weighted by Crippen LogP contribution is 2.44. The first kappa shape index (κ1) is 17.9. The average molecular weight is 385 g/mol. The largest absolute Gasteiger partial charge is 0.478 e. The molecule has 1 heterocycles. The molecule has 29 heavy (non-hydrogen) atoms. The van der Waals surface area contributed by atoms with Crippen molar-refractivity contribution in [1.29, 1.82) is 5.26 Å². The predicted octanol–water partition coefficient (Wildman–Crippen LogP) is 4.60. The van der Waals surface area contributed by atoms with Gasteiger partial charge in [-0.25, -0.2) is 4.79 Å². The number of hydrogen-bond donors (Lipinski definition) is 1. The van der Waals surface area contributed by atoms with Crippen LogP contribution < -0.4 is 5.01 Å². The van der Waals surface area contributed by atoms with Gasteiger partial charge >= 0.3 is 5.97 Å². The maximum atomic E-state index is 11.4. The molecule has 1 fully saturated rings. The zero-order valence-corrected chi connectivity index (χ0v) is 16.2. The molecule has 1 saturated carbocycles. The Morgan fingerprint density at radius 3 is 2.55 bits per heavy atom. The Morgan fingerprint density at radius 1 is 1.10 bits per heavy atom. The van der Waals surface area contributed by atoms with Gasteiger partial charge in [-0.2, -0.15) is 10.4 Å². The first-order valence-corrected chi connectivity index (χ1v) is 10.4. The monoisotopic (exact) mass is 385 g/mol. The highest BCUT2D eigenvalue weighted by Gasteiger charge is 2.45. The van der Waals surface area contributed by atoms with E-state index >= 15 is 0 Å². The Hall–Kier alpha value is -3.13. The average Bonchev–Trinajstić information content (AvgIpc) is 3.40. The summed E-state index contributed by atoms with van der Waals surface area (Å²) in [5, 5.41) is 25.7. The van der Waals surface area contributed by atoms with Crippen molar-refractivity contribution in [3.63, 3.8) is 0 Å². The number of anilines is 1. The molecule has 2 unspecified atom stereocenters. The molecule has 0 bridgehead atoms. The van der Waals surface area contributed by atoms with Crippen molar-refractivity contribution < 1.29 is 9.90 Å². The van der Waals surface area contributed by atoms with Crippen molar-refractivity contribution in [1.82, 2.24) is 0 Å². The minimum atomic E-state index is -0.883. The Balaban J connectivity index is 1.57. The van der Waals surface area contributed by atoms with E-state index in [1.807, 2.05) is 36.4 Å². The van der Waals surface area contributed by atoms with Crippen LogP contribution in [-0.4, -0.2) is 22.8 Å². The summed E-state index contributed by atoms with van der Waals surface area (Å²) < 4.78 is 0. The van der Waals surface area contributed by atoms with Gasteiger partial charge in [0.05, 0.1) is 34.6 Å². The van der Waals surface area contributed by atoms with Crippen molar-refractivity contribution in [2.45, 2.75) is 44.6 Å².